The van der Waals surface area contributed by atoms with Gasteiger partial charge < -0.3 is 19.7 Å². The fourth-order valence-electron chi connectivity index (χ4n) is 3.59. The molecule has 1 atom stereocenters. The van der Waals surface area contributed by atoms with E-state index in [4.69, 9.17) is 9.47 Å². The molecule has 0 bridgehead atoms. The number of hydrogen-bond donors (Lipinski definition) is 1. The zero-order valence-electron chi connectivity index (χ0n) is 18.8. The van der Waals surface area contributed by atoms with Crippen molar-refractivity contribution in [3.8, 4) is 0 Å². The quantitative estimate of drug-likeness (QED) is 0.586. The molecule has 1 saturated heterocycles. The van der Waals surface area contributed by atoms with Crippen LogP contribution < -0.4 is 10.2 Å². The largest absolute Gasteiger partial charge is 0.462 e. The van der Waals surface area contributed by atoms with E-state index in [-0.39, 0.29) is 18.9 Å². The van der Waals surface area contributed by atoms with E-state index in [1.54, 1.807) is 29.2 Å². The van der Waals surface area contributed by atoms with Gasteiger partial charge in [-0.05, 0) is 48.7 Å². The third-order valence-corrected chi connectivity index (χ3v) is 5.31. The Kier molecular flexibility index (Phi) is 8.18. The maximum Gasteiger partial charge on any atom is 0.338 e. The van der Waals surface area contributed by atoms with Gasteiger partial charge in [0.1, 0.15) is 0 Å². The Bertz CT molecular complexity index is 1020. The van der Waals surface area contributed by atoms with E-state index in [2.05, 4.69) is 5.32 Å². The molecule has 3 rings (SSSR count). The lowest BCUT2D eigenvalue weighted by atomic mass is 10.1. The Morgan fingerprint density at radius 3 is 2.45 bits per heavy atom. The average molecular weight is 453 g/mol. The van der Waals surface area contributed by atoms with E-state index >= 15 is 0 Å². The van der Waals surface area contributed by atoms with E-state index in [1.165, 1.54) is 0 Å². The molecular formula is C25H28N2O6. The number of anilines is 2. The van der Waals surface area contributed by atoms with Gasteiger partial charge in [0.2, 0.25) is 5.91 Å². The first-order valence-electron chi connectivity index (χ1n) is 11.0. The molecule has 1 aliphatic rings. The van der Waals surface area contributed by atoms with Gasteiger partial charge in [-0.2, -0.15) is 0 Å². The van der Waals surface area contributed by atoms with Crippen LogP contribution in [0.5, 0.6) is 0 Å². The molecule has 2 amide bonds. The fourth-order valence-corrected chi connectivity index (χ4v) is 3.59. The van der Waals surface area contributed by atoms with Crippen molar-refractivity contribution in [3.05, 3.63) is 59.7 Å². The minimum atomic E-state index is -0.622. The second kappa shape index (κ2) is 11.3. The van der Waals surface area contributed by atoms with Crippen LogP contribution in [0.4, 0.5) is 11.4 Å². The van der Waals surface area contributed by atoms with E-state index in [0.29, 0.717) is 17.9 Å². The standard InChI is InChI=1S/C25H28N2O6/c1-3-13-32-24(30)18-9-11-20(12-10-18)26-22(28)16-33-25(31)19-14-23(29)27(15-19)21-8-6-5-7-17(21)4-2/h5-12,19H,3-4,13-16H2,1-2H3,(H,26,28)/t19-/m0/s1. The molecule has 0 aliphatic carbocycles. The number of ether oxygens (including phenoxy) is 2. The molecule has 8 heteroatoms. The van der Waals surface area contributed by atoms with Crippen molar-refractivity contribution < 1.29 is 28.7 Å². The molecular weight excluding hydrogens is 424 g/mol. The Morgan fingerprint density at radius 1 is 1.03 bits per heavy atom. The molecule has 0 radical (unpaired) electrons. The van der Waals surface area contributed by atoms with E-state index in [0.717, 1.165) is 24.1 Å². The number of rotatable bonds is 9. The van der Waals surface area contributed by atoms with Gasteiger partial charge in [0, 0.05) is 24.3 Å². The summed E-state index contributed by atoms with van der Waals surface area (Å²) in [7, 11) is 0. The van der Waals surface area contributed by atoms with Crippen LogP contribution in [0.25, 0.3) is 0 Å². The SMILES string of the molecule is CCCOC(=O)c1ccc(NC(=O)COC(=O)[C@H]2CC(=O)N(c3ccccc3CC)C2)cc1. The van der Waals surface area contributed by atoms with Crippen LogP contribution in [0.15, 0.2) is 48.5 Å². The molecule has 0 spiro atoms. The van der Waals surface area contributed by atoms with Crippen LogP contribution >= 0.6 is 0 Å². The Hall–Kier alpha value is -3.68. The molecule has 174 valence electrons. The zero-order valence-corrected chi connectivity index (χ0v) is 18.8. The summed E-state index contributed by atoms with van der Waals surface area (Å²) in [4.78, 5) is 50.5. The van der Waals surface area contributed by atoms with Gasteiger partial charge in [-0.3, -0.25) is 14.4 Å². The molecule has 1 fully saturated rings. The lowest BCUT2D eigenvalue weighted by Crippen LogP contribution is -2.28. The van der Waals surface area contributed by atoms with Crippen LogP contribution in [-0.2, 0) is 30.3 Å². The molecule has 1 N–H and O–H groups in total. The summed E-state index contributed by atoms with van der Waals surface area (Å²) in [6.45, 7) is 4.03. The van der Waals surface area contributed by atoms with Gasteiger partial charge in [0.25, 0.3) is 5.91 Å². The summed E-state index contributed by atoms with van der Waals surface area (Å²) >= 11 is 0. The first-order chi connectivity index (χ1) is 15.9. The first-order valence-corrected chi connectivity index (χ1v) is 11.0. The number of benzene rings is 2. The molecule has 33 heavy (non-hydrogen) atoms. The topological polar surface area (TPSA) is 102 Å². The minimum Gasteiger partial charge on any atom is -0.462 e. The second-order valence-corrected chi connectivity index (χ2v) is 7.76. The number of amides is 2. The number of carbonyl (C=O) groups excluding carboxylic acids is 4. The molecule has 1 heterocycles. The van der Waals surface area contributed by atoms with Crippen LogP contribution in [0, 0.1) is 5.92 Å². The third-order valence-electron chi connectivity index (χ3n) is 5.31. The van der Waals surface area contributed by atoms with Crippen LogP contribution in [0.1, 0.15) is 42.6 Å². The van der Waals surface area contributed by atoms with Gasteiger partial charge in [0.15, 0.2) is 6.61 Å². The monoisotopic (exact) mass is 452 g/mol. The van der Waals surface area contributed by atoms with Crippen molar-refractivity contribution in [1.82, 2.24) is 0 Å². The highest BCUT2D eigenvalue weighted by Gasteiger charge is 2.37. The number of nitrogens with one attached hydrogen (secondary N) is 1. The summed E-state index contributed by atoms with van der Waals surface area (Å²) in [6.07, 6.45) is 1.56. The summed E-state index contributed by atoms with van der Waals surface area (Å²) in [5, 5.41) is 2.61. The van der Waals surface area contributed by atoms with Gasteiger partial charge in [0.05, 0.1) is 18.1 Å². The van der Waals surface area contributed by atoms with Gasteiger partial charge in [-0.1, -0.05) is 32.0 Å². The number of esters is 2. The number of aryl methyl sites for hydroxylation is 1. The lowest BCUT2D eigenvalue weighted by Gasteiger charge is -2.19. The molecule has 2 aromatic carbocycles. The number of para-hydroxylation sites is 1. The van der Waals surface area contributed by atoms with Crippen LogP contribution in [0.2, 0.25) is 0 Å². The van der Waals surface area contributed by atoms with Gasteiger partial charge in [-0.25, -0.2) is 4.79 Å². The maximum absolute atomic E-state index is 12.5. The van der Waals surface area contributed by atoms with Gasteiger partial charge in [-0.15, -0.1) is 0 Å². The summed E-state index contributed by atoms with van der Waals surface area (Å²) in [5.41, 5.74) is 2.68. The Morgan fingerprint density at radius 2 is 1.76 bits per heavy atom. The number of carbonyl (C=O) groups is 4. The van der Waals surface area contributed by atoms with Crippen LogP contribution in [-0.4, -0.2) is 43.5 Å². The molecule has 0 saturated carbocycles. The van der Waals surface area contributed by atoms with Crippen molar-refractivity contribution in [1.29, 1.82) is 0 Å². The van der Waals surface area contributed by atoms with Crippen molar-refractivity contribution in [2.45, 2.75) is 33.1 Å². The van der Waals surface area contributed by atoms with E-state index in [9.17, 15) is 19.2 Å². The predicted octanol–water partition coefficient (Wildman–Crippen LogP) is 3.35. The third kappa shape index (κ3) is 6.19. The summed E-state index contributed by atoms with van der Waals surface area (Å²) in [5.74, 6) is -2.28. The second-order valence-electron chi connectivity index (χ2n) is 7.76. The van der Waals surface area contributed by atoms with Crippen LogP contribution in [0.3, 0.4) is 0 Å². The summed E-state index contributed by atoms with van der Waals surface area (Å²) < 4.78 is 10.2. The van der Waals surface area contributed by atoms with Gasteiger partial charge >= 0.3 is 11.9 Å². The highest BCUT2D eigenvalue weighted by atomic mass is 16.5. The maximum atomic E-state index is 12.5. The normalized spacial score (nSPS) is 15.3. The zero-order chi connectivity index (χ0) is 23.8. The Balaban J connectivity index is 1.49. The lowest BCUT2D eigenvalue weighted by molar-refractivity contribution is -0.151. The number of hydrogen-bond acceptors (Lipinski definition) is 6. The van der Waals surface area contributed by atoms with Crippen molar-refractivity contribution in [2.75, 3.05) is 30.0 Å². The molecule has 2 aromatic rings. The fraction of sp³-hybridized carbons (Fsp3) is 0.360. The van der Waals surface area contributed by atoms with Crippen molar-refractivity contribution in [3.63, 3.8) is 0 Å². The smallest absolute Gasteiger partial charge is 0.338 e. The van der Waals surface area contributed by atoms with Crippen molar-refractivity contribution in [2.24, 2.45) is 5.92 Å². The predicted molar refractivity (Wildman–Crippen MR) is 123 cm³/mol. The first kappa shape index (κ1) is 24.0. The molecule has 0 unspecified atom stereocenters. The Labute approximate surface area is 192 Å². The van der Waals surface area contributed by atoms with Crippen molar-refractivity contribution >= 4 is 35.1 Å². The highest BCUT2D eigenvalue weighted by Crippen LogP contribution is 2.29. The van der Waals surface area contributed by atoms with E-state index < -0.39 is 30.4 Å². The number of nitrogens with zero attached hydrogens (tertiary/aromatic N) is 1. The molecule has 8 nitrogen and oxygen atoms in total. The highest BCUT2D eigenvalue weighted by molar-refractivity contribution is 6.00. The summed E-state index contributed by atoms with van der Waals surface area (Å²) in [6, 6.07) is 13.8. The average Bonchev–Trinajstić information content (AvgIpc) is 3.22. The molecule has 1 aliphatic heterocycles. The molecule has 0 aromatic heterocycles. The van der Waals surface area contributed by atoms with E-state index in [1.807, 2.05) is 38.1 Å². The minimum absolute atomic E-state index is 0.0497.